The van der Waals surface area contributed by atoms with Crippen molar-refractivity contribution in [2.45, 2.75) is 17.9 Å². The summed E-state index contributed by atoms with van der Waals surface area (Å²) < 4.78 is 49.4. The van der Waals surface area contributed by atoms with Gasteiger partial charge in [0.1, 0.15) is 12.4 Å². The van der Waals surface area contributed by atoms with Gasteiger partial charge in [0.15, 0.2) is 11.0 Å². The molecule has 0 aliphatic carbocycles. The maximum Gasteiger partial charge on any atom is 0.416 e. The van der Waals surface area contributed by atoms with E-state index in [1.807, 2.05) is 0 Å². The normalized spacial score (nSPS) is 11.4. The van der Waals surface area contributed by atoms with Gasteiger partial charge in [-0.1, -0.05) is 17.8 Å². The molecular formula is C14H14F3N3O3S. The summed E-state index contributed by atoms with van der Waals surface area (Å²) in [7, 11) is 2.96. The van der Waals surface area contributed by atoms with E-state index < -0.39 is 17.7 Å². The quantitative estimate of drug-likeness (QED) is 0.582. The molecule has 0 atom stereocenters. The van der Waals surface area contributed by atoms with Gasteiger partial charge in [-0.3, -0.25) is 4.79 Å². The number of alkyl halides is 3. The third kappa shape index (κ3) is 4.63. The van der Waals surface area contributed by atoms with Crippen molar-refractivity contribution in [3.63, 3.8) is 0 Å². The van der Waals surface area contributed by atoms with Crippen molar-refractivity contribution in [1.29, 1.82) is 0 Å². The van der Waals surface area contributed by atoms with Crippen molar-refractivity contribution >= 4 is 17.7 Å². The number of carbonyl (C=O) groups excluding carboxylic acids is 1. The highest BCUT2D eigenvalue weighted by molar-refractivity contribution is 7.99. The number of hydrogen-bond acceptors (Lipinski definition) is 6. The second kappa shape index (κ2) is 7.56. The van der Waals surface area contributed by atoms with Gasteiger partial charge in [-0.25, -0.2) is 0 Å². The largest absolute Gasteiger partial charge is 0.486 e. The van der Waals surface area contributed by atoms with Crippen molar-refractivity contribution in [3.8, 4) is 5.75 Å². The second-order valence-electron chi connectivity index (χ2n) is 4.64. The topological polar surface area (TPSA) is 66.2 Å². The smallest absolute Gasteiger partial charge is 0.416 e. The van der Waals surface area contributed by atoms with Crippen LogP contribution in [0.15, 0.2) is 29.4 Å². The van der Waals surface area contributed by atoms with Crippen LogP contribution in [0.4, 0.5) is 13.2 Å². The lowest BCUT2D eigenvalue weighted by atomic mass is 10.2. The molecule has 0 aliphatic rings. The SMILES string of the molecule is COC(=O)CSc1nnc(COc2cccc(C(F)(F)F)c2)n1C. The first-order chi connectivity index (χ1) is 11.3. The molecule has 0 radical (unpaired) electrons. The molecule has 0 N–H and O–H groups in total. The van der Waals surface area contributed by atoms with Crippen molar-refractivity contribution in [1.82, 2.24) is 14.8 Å². The van der Waals surface area contributed by atoms with E-state index >= 15 is 0 Å². The number of rotatable bonds is 6. The van der Waals surface area contributed by atoms with Crippen LogP contribution in [0.25, 0.3) is 0 Å². The molecule has 0 aliphatic heterocycles. The Hall–Kier alpha value is -2.23. The number of methoxy groups -OCH3 is 1. The Bertz CT molecular complexity index is 719. The number of carbonyl (C=O) groups is 1. The minimum Gasteiger partial charge on any atom is -0.486 e. The molecule has 0 amide bonds. The molecule has 130 valence electrons. The van der Waals surface area contributed by atoms with Crippen LogP contribution < -0.4 is 4.74 Å². The van der Waals surface area contributed by atoms with E-state index in [0.29, 0.717) is 11.0 Å². The highest BCUT2D eigenvalue weighted by atomic mass is 32.2. The van der Waals surface area contributed by atoms with Crippen LogP contribution >= 0.6 is 11.8 Å². The Kier molecular flexibility index (Phi) is 5.71. The van der Waals surface area contributed by atoms with Crippen LogP contribution in [0.3, 0.4) is 0 Å². The average molecular weight is 361 g/mol. The Morgan fingerprint density at radius 1 is 1.33 bits per heavy atom. The third-order valence-corrected chi connectivity index (χ3v) is 3.99. The van der Waals surface area contributed by atoms with E-state index in [9.17, 15) is 18.0 Å². The lowest BCUT2D eigenvalue weighted by Gasteiger charge is -2.10. The van der Waals surface area contributed by atoms with E-state index in [0.717, 1.165) is 23.9 Å². The summed E-state index contributed by atoms with van der Waals surface area (Å²) in [6.07, 6.45) is -4.43. The number of hydrogen-bond donors (Lipinski definition) is 0. The lowest BCUT2D eigenvalue weighted by molar-refractivity contribution is -0.138. The molecule has 1 aromatic heterocycles. The van der Waals surface area contributed by atoms with Crippen LogP contribution in [-0.2, 0) is 29.4 Å². The van der Waals surface area contributed by atoms with Crippen LogP contribution in [0.1, 0.15) is 11.4 Å². The molecule has 1 heterocycles. The zero-order valence-corrected chi connectivity index (χ0v) is 13.6. The zero-order chi connectivity index (χ0) is 17.7. The molecule has 2 rings (SSSR count). The molecule has 10 heteroatoms. The molecule has 0 saturated heterocycles. The summed E-state index contributed by atoms with van der Waals surface area (Å²) in [6.45, 7) is -0.0520. The molecule has 0 saturated carbocycles. The summed E-state index contributed by atoms with van der Waals surface area (Å²) in [6, 6.07) is 4.59. The predicted molar refractivity (Wildman–Crippen MR) is 79.5 cm³/mol. The first-order valence-corrected chi connectivity index (χ1v) is 7.67. The second-order valence-corrected chi connectivity index (χ2v) is 5.58. The van der Waals surface area contributed by atoms with Gasteiger partial charge in [-0.05, 0) is 18.2 Å². The van der Waals surface area contributed by atoms with Crippen molar-refractivity contribution in [2.75, 3.05) is 12.9 Å². The number of aromatic nitrogens is 3. The van der Waals surface area contributed by atoms with E-state index in [-0.39, 0.29) is 18.1 Å². The van der Waals surface area contributed by atoms with Crippen LogP contribution in [0, 0.1) is 0 Å². The Morgan fingerprint density at radius 3 is 2.75 bits per heavy atom. The number of halogens is 3. The van der Waals surface area contributed by atoms with Gasteiger partial charge in [0, 0.05) is 7.05 Å². The van der Waals surface area contributed by atoms with E-state index in [1.54, 1.807) is 11.6 Å². The summed E-state index contributed by atoms with van der Waals surface area (Å²) in [4.78, 5) is 11.1. The minimum absolute atomic E-state index is 0.0520. The fraction of sp³-hybridized carbons (Fsp3) is 0.357. The molecule has 1 aromatic carbocycles. The first kappa shape index (κ1) is 18.1. The van der Waals surface area contributed by atoms with Gasteiger partial charge in [-0.2, -0.15) is 13.2 Å². The summed E-state index contributed by atoms with van der Waals surface area (Å²) in [5, 5.41) is 8.27. The standard InChI is InChI=1S/C14H14F3N3O3S/c1-20-11(18-19-13(20)24-8-12(21)22-2)7-23-10-5-3-4-9(6-10)14(15,16)17/h3-6H,7-8H2,1-2H3. The molecule has 0 unspecified atom stereocenters. The van der Waals surface area contributed by atoms with Crippen LogP contribution in [0.2, 0.25) is 0 Å². The Labute approximate surface area is 140 Å². The number of benzene rings is 1. The lowest BCUT2D eigenvalue weighted by Crippen LogP contribution is -2.07. The van der Waals surface area contributed by atoms with Gasteiger partial charge in [0.05, 0.1) is 18.4 Å². The maximum atomic E-state index is 12.7. The number of esters is 1. The first-order valence-electron chi connectivity index (χ1n) is 6.69. The molecule has 0 bridgehead atoms. The van der Waals surface area contributed by atoms with Crippen molar-refractivity contribution in [2.24, 2.45) is 7.05 Å². The highest BCUT2D eigenvalue weighted by Crippen LogP contribution is 2.31. The Morgan fingerprint density at radius 2 is 2.08 bits per heavy atom. The van der Waals surface area contributed by atoms with E-state index in [1.165, 1.54) is 19.2 Å². The molecule has 2 aromatic rings. The van der Waals surface area contributed by atoms with Crippen LogP contribution in [0.5, 0.6) is 5.75 Å². The molecule has 24 heavy (non-hydrogen) atoms. The van der Waals surface area contributed by atoms with Gasteiger partial charge >= 0.3 is 12.1 Å². The molecule has 0 fully saturated rings. The van der Waals surface area contributed by atoms with E-state index in [2.05, 4.69) is 14.9 Å². The van der Waals surface area contributed by atoms with Gasteiger partial charge < -0.3 is 14.0 Å². The van der Waals surface area contributed by atoms with Crippen LogP contribution in [-0.4, -0.2) is 33.6 Å². The highest BCUT2D eigenvalue weighted by Gasteiger charge is 2.30. The minimum atomic E-state index is -4.43. The Balaban J connectivity index is 2.00. The average Bonchev–Trinajstić information content (AvgIpc) is 2.90. The van der Waals surface area contributed by atoms with Crippen molar-refractivity contribution in [3.05, 3.63) is 35.7 Å². The fourth-order valence-electron chi connectivity index (χ4n) is 1.69. The zero-order valence-electron chi connectivity index (χ0n) is 12.8. The number of thioether (sulfide) groups is 1. The maximum absolute atomic E-state index is 12.7. The van der Waals surface area contributed by atoms with Gasteiger partial charge in [0.2, 0.25) is 0 Å². The summed E-state index contributed by atoms with van der Waals surface area (Å²) in [5.41, 5.74) is -0.785. The monoisotopic (exact) mass is 361 g/mol. The predicted octanol–water partition coefficient (Wildman–Crippen LogP) is 2.68. The number of ether oxygens (including phenoxy) is 2. The van der Waals surface area contributed by atoms with Gasteiger partial charge in [0.25, 0.3) is 0 Å². The molecule has 0 spiro atoms. The van der Waals surface area contributed by atoms with Crippen molar-refractivity contribution < 1.29 is 27.4 Å². The summed E-state index contributed by atoms with van der Waals surface area (Å²) in [5.74, 6) is 0.179. The number of nitrogens with zero attached hydrogens (tertiary/aromatic N) is 3. The van der Waals surface area contributed by atoms with E-state index in [4.69, 9.17) is 4.74 Å². The third-order valence-electron chi connectivity index (χ3n) is 3.00. The van der Waals surface area contributed by atoms with Gasteiger partial charge in [-0.15, -0.1) is 10.2 Å². The summed E-state index contributed by atoms with van der Waals surface area (Å²) >= 11 is 1.14. The fourth-order valence-corrected chi connectivity index (χ4v) is 2.45. The molecule has 6 nitrogen and oxygen atoms in total. The molecular weight excluding hydrogens is 347 g/mol.